The molecule has 0 saturated heterocycles. The molecule has 0 spiro atoms. The van der Waals surface area contributed by atoms with E-state index < -0.39 is 12.1 Å². The predicted molar refractivity (Wildman–Crippen MR) is 110 cm³/mol. The van der Waals surface area contributed by atoms with Crippen molar-refractivity contribution in [1.82, 2.24) is 0 Å². The number of para-hydroxylation sites is 1. The molecule has 0 heterocycles. The van der Waals surface area contributed by atoms with E-state index >= 15 is 0 Å². The van der Waals surface area contributed by atoms with E-state index in [-0.39, 0.29) is 11.8 Å². The van der Waals surface area contributed by atoms with Crippen molar-refractivity contribution in [3.8, 4) is 0 Å². The first kappa shape index (κ1) is 20.5. The second kappa shape index (κ2) is 8.71. The maximum Gasteiger partial charge on any atom is 0.338 e. The van der Waals surface area contributed by atoms with Crippen LogP contribution in [0.25, 0.3) is 0 Å². The van der Waals surface area contributed by atoms with Gasteiger partial charge >= 0.3 is 5.97 Å². The summed E-state index contributed by atoms with van der Waals surface area (Å²) < 4.78 is 5.35. The van der Waals surface area contributed by atoms with Crippen molar-refractivity contribution in [2.75, 3.05) is 24.3 Å². The first-order valence-electron chi connectivity index (χ1n) is 9.09. The number of nitrogens with one attached hydrogen (secondary N) is 1. The standard InChI is InChI=1S/C22H28N2O3/c1-14(2)19-9-7-8-15(3)20(19)23-21(25)16(4)27-22(26)17-10-12-18(13-11-17)24(5)6/h7-14,16H,1-6H3,(H,23,25)/t16-/m0/s1. The molecule has 2 aromatic carbocycles. The molecule has 0 radical (unpaired) electrons. The number of carbonyl (C=O) groups excluding carboxylic acids is 2. The summed E-state index contributed by atoms with van der Waals surface area (Å²) in [6.07, 6.45) is -0.898. The summed E-state index contributed by atoms with van der Waals surface area (Å²) in [5.41, 5.74) is 4.22. The molecule has 0 bridgehead atoms. The van der Waals surface area contributed by atoms with Gasteiger partial charge in [0.15, 0.2) is 6.10 Å². The molecular formula is C22H28N2O3. The Hall–Kier alpha value is -2.82. The van der Waals surface area contributed by atoms with Gasteiger partial charge in [-0.1, -0.05) is 32.0 Å². The van der Waals surface area contributed by atoms with E-state index in [1.54, 1.807) is 19.1 Å². The third-order valence-corrected chi connectivity index (χ3v) is 4.45. The molecule has 144 valence electrons. The topological polar surface area (TPSA) is 58.6 Å². The van der Waals surface area contributed by atoms with Crippen molar-refractivity contribution < 1.29 is 14.3 Å². The van der Waals surface area contributed by atoms with Gasteiger partial charge in [0.1, 0.15) is 0 Å². The number of carbonyl (C=O) groups is 2. The first-order valence-corrected chi connectivity index (χ1v) is 9.09. The van der Waals surface area contributed by atoms with Crippen LogP contribution in [0.3, 0.4) is 0 Å². The third-order valence-electron chi connectivity index (χ3n) is 4.45. The smallest absolute Gasteiger partial charge is 0.338 e. The average molecular weight is 368 g/mol. The minimum Gasteiger partial charge on any atom is -0.449 e. The molecule has 0 aliphatic heterocycles. The highest BCUT2D eigenvalue weighted by atomic mass is 16.5. The summed E-state index contributed by atoms with van der Waals surface area (Å²) in [6.45, 7) is 7.68. The molecule has 1 amide bonds. The van der Waals surface area contributed by atoms with E-state index in [4.69, 9.17) is 4.74 Å². The van der Waals surface area contributed by atoms with Gasteiger partial charge < -0.3 is 15.0 Å². The number of aryl methyl sites for hydroxylation is 1. The number of amides is 1. The molecule has 27 heavy (non-hydrogen) atoms. The third kappa shape index (κ3) is 5.09. The van der Waals surface area contributed by atoms with E-state index in [0.29, 0.717) is 5.56 Å². The first-order chi connectivity index (χ1) is 12.7. The molecule has 0 saturated carbocycles. The minimum absolute atomic E-state index is 0.272. The molecule has 5 heteroatoms. The molecule has 2 aromatic rings. The molecular weight excluding hydrogens is 340 g/mol. The maximum atomic E-state index is 12.6. The number of hydrogen-bond donors (Lipinski definition) is 1. The lowest BCUT2D eigenvalue weighted by atomic mass is 9.98. The van der Waals surface area contributed by atoms with Crippen molar-refractivity contribution in [2.45, 2.75) is 39.7 Å². The fraction of sp³-hybridized carbons (Fsp3) is 0.364. The van der Waals surface area contributed by atoms with Crippen molar-refractivity contribution in [3.05, 3.63) is 59.2 Å². The highest BCUT2D eigenvalue weighted by Crippen LogP contribution is 2.27. The second-order valence-electron chi connectivity index (χ2n) is 7.17. The van der Waals surface area contributed by atoms with Crippen molar-refractivity contribution in [1.29, 1.82) is 0 Å². The van der Waals surface area contributed by atoms with Gasteiger partial charge in [-0.3, -0.25) is 4.79 Å². The second-order valence-corrected chi connectivity index (χ2v) is 7.17. The Morgan fingerprint density at radius 3 is 2.19 bits per heavy atom. The van der Waals surface area contributed by atoms with E-state index in [1.807, 2.05) is 56.3 Å². The highest BCUT2D eigenvalue weighted by molar-refractivity contribution is 5.98. The molecule has 0 aromatic heterocycles. The number of nitrogens with zero attached hydrogens (tertiary/aromatic N) is 1. The molecule has 0 fully saturated rings. The normalized spacial score (nSPS) is 11.8. The van der Waals surface area contributed by atoms with Gasteiger partial charge in [0, 0.05) is 25.5 Å². The molecule has 0 aliphatic carbocycles. The van der Waals surface area contributed by atoms with E-state index in [9.17, 15) is 9.59 Å². The number of hydrogen-bond acceptors (Lipinski definition) is 4. The molecule has 0 unspecified atom stereocenters. The molecule has 1 N–H and O–H groups in total. The summed E-state index contributed by atoms with van der Waals surface area (Å²) in [5, 5.41) is 2.92. The Bertz CT molecular complexity index is 811. The summed E-state index contributed by atoms with van der Waals surface area (Å²) >= 11 is 0. The Morgan fingerprint density at radius 2 is 1.63 bits per heavy atom. The molecule has 1 atom stereocenters. The lowest BCUT2D eigenvalue weighted by molar-refractivity contribution is -0.123. The van der Waals surface area contributed by atoms with Crippen LogP contribution in [0.5, 0.6) is 0 Å². The van der Waals surface area contributed by atoms with Crippen LogP contribution in [-0.2, 0) is 9.53 Å². The maximum absolute atomic E-state index is 12.6. The lowest BCUT2D eigenvalue weighted by Crippen LogP contribution is -2.30. The Kier molecular flexibility index (Phi) is 6.61. The zero-order valence-corrected chi connectivity index (χ0v) is 16.9. The number of rotatable bonds is 6. The largest absolute Gasteiger partial charge is 0.449 e. The number of ether oxygens (including phenoxy) is 1. The average Bonchev–Trinajstić information content (AvgIpc) is 2.62. The van der Waals surface area contributed by atoms with Gasteiger partial charge in [0.2, 0.25) is 0 Å². The van der Waals surface area contributed by atoms with Gasteiger partial charge in [0.05, 0.1) is 5.56 Å². The van der Waals surface area contributed by atoms with E-state index in [1.165, 1.54) is 0 Å². The van der Waals surface area contributed by atoms with Gasteiger partial charge in [-0.05, 0) is 55.2 Å². The number of esters is 1. The fourth-order valence-corrected chi connectivity index (χ4v) is 2.74. The molecule has 0 aliphatic rings. The van der Waals surface area contributed by atoms with E-state index in [2.05, 4.69) is 19.2 Å². The Labute approximate surface area is 161 Å². The quantitative estimate of drug-likeness (QED) is 0.769. The summed E-state index contributed by atoms with van der Waals surface area (Å²) in [7, 11) is 3.85. The fourth-order valence-electron chi connectivity index (χ4n) is 2.74. The number of benzene rings is 2. The molecule has 2 rings (SSSR count). The highest BCUT2D eigenvalue weighted by Gasteiger charge is 2.21. The monoisotopic (exact) mass is 368 g/mol. The Balaban J connectivity index is 2.07. The van der Waals surface area contributed by atoms with Crippen LogP contribution in [0.15, 0.2) is 42.5 Å². The zero-order chi connectivity index (χ0) is 20.1. The molecule has 5 nitrogen and oxygen atoms in total. The van der Waals surface area contributed by atoms with Crippen molar-refractivity contribution >= 4 is 23.3 Å². The van der Waals surface area contributed by atoms with Crippen molar-refractivity contribution in [3.63, 3.8) is 0 Å². The van der Waals surface area contributed by atoms with Gasteiger partial charge in [-0.15, -0.1) is 0 Å². The van der Waals surface area contributed by atoms with Crippen LogP contribution >= 0.6 is 0 Å². The minimum atomic E-state index is -0.898. The van der Waals surface area contributed by atoms with Gasteiger partial charge in [-0.25, -0.2) is 4.79 Å². The summed E-state index contributed by atoms with van der Waals surface area (Å²) in [6, 6.07) is 13.0. The summed E-state index contributed by atoms with van der Waals surface area (Å²) in [4.78, 5) is 26.8. The van der Waals surface area contributed by atoms with Crippen LogP contribution < -0.4 is 10.2 Å². The van der Waals surface area contributed by atoms with Crippen LogP contribution in [-0.4, -0.2) is 32.1 Å². The van der Waals surface area contributed by atoms with E-state index in [0.717, 1.165) is 22.5 Å². The van der Waals surface area contributed by atoms with Crippen molar-refractivity contribution in [2.24, 2.45) is 0 Å². The zero-order valence-electron chi connectivity index (χ0n) is 16.9. The Morgan fingerprint density at radius 1 is 1.00 bits per heavy atom. The van der Waals surface area contributed by atoms with Crippen LogP contribution in [0, 0.1) is 6.92 Å². The lowest BCUT2D eigenvalue weighted by Gasteiger charge is -2.19. The summed E-state index contributed by atoms with van der Waals surface area (Å²) in [5.74, 6) is -0.588. The van der Waals surface area contributed by atoms with Crippen LogP contribution in [0.4, 0.5) is 11.4 Å². The van der Waals surface area contributed by atoms with Crippen LogP contribution in [0.1, 0.15) is 48.2 Å². The SMILES string of the molecule is Cc1cccc(C(C)C)c1NC(=O)[C@H](C)OC(=O)c1ccc(N(C)C)cc1. The number of anilines is 2. The van der Waals surface area contributed by atoms with Gasteiger partial charge in [-0.2, -0.15) is 0 Å². The predicted octanol–water partition coefficient (Wildman–Crippen LogP) is 4.37. The van der Waals surface area contributed by atoms with Crippen LogP contribution in [0.2, 0.25) is 0 Å². The van der Waals surface area contributed by atoms with Gasteiger partial charge in [0.25, 0.3) is 5.91 Å².